The molecule has 11 nitrogen and oxygen atoms in total. The largest absolute Gasteiger partial charge is 0.619 e. The van der Waals surface area contributed by atoms with Crippen LogP contribution in [0.2, 0.25) is 10.0 Å². The smallest absolute Gasteiger partial charge is 0.414 e. The number of ether oxygens (including phenoxy) is 4. The van der Waals surface area contributed by atoms with E-state index >= 15 is 0 Å². The van der Waals surface area contributed by atoms with Crippen molar-refractivity contribution >= 4 is 41.0 Å². The number of nitrogens with zero attached hydrogens (tertiary/aromatic N) is 3. The summed E-state index contributed by atoms with van der Waals surface area (Å²) in [5.74, 6) is -0.136. The minimum Gasteiger partial charge on any atom is -0.619 e. The van der Waals surface area contributed by atoms with Crippen LogP contribution in [0, 0.1) is 11.1 Å². The third-order valence-electron chi connectivity index (χ3n) is 9.81. The molecule has 3 aromatic carbocycles. The van der Waals surface area contributed by atoms with E-state index in [4.69, 9.17) is 42.1 Å². The molecule has 4 aromatic rings. The number of anilines is 1. The Balaban J connectivity index is 1.49. The number of hydrogen-bond acceptors (Lipinski definition) is 8. The molecule has 4 heterocycles. The number of carbonyl (C=O) groups is 2. The number of carbonyl (C=O) groups excluding carboxylic acids is 1. The molecule has 7 rings (SSSR count). The van der Waals surface area contributed by atoms with Gasteiger partial charge in [-0.05, 0) is 85.3 Å². The zero-order chi connectivity index (χ0) is 36.2. The number of rotatable bonds is 12. The second-order valence-corrected chi connectivity index (χ2v) is 13.5. The summed E-state index contributed by atoms with van der Waals surface area (Å²) in [6.45, 7) is 2.62. The fourth-order valence-electron chi connectivity index (χ4n) is 7.18. The van der Waals surface area contributed by atoms with E-state index in [1.165, 1.54) is 37.6 Å². The molecule has 13 heteroatoms. The Hall–Kier alpha value is -4.71. The zero-order valence-corrected chi connectivity index (χ0v) is 30.0. The molecule has 268 valence electrons. The monoisotopic (exact) mass is 735 g/mol. The van der Waals surface area contributed by atoms with E-state index in [0.717, 1.165) is 25.9 Å². The van der Waals surface area contributed by atoms with Gasteiger partial charge < -0.3 is 29.3 Å². The third kappa shape index (κ3) is 7.80. The number of carboxylic acid groups (broad SMARTS) is 1. The van der Waals surface area contributed by atoms with Crippen LogP contribution in [-0.2, 0) is 17.7 Å². The molecule has 1 amide bonds. The van der Waals surface area contributed by atoms with Gasteiger partial charge in [-0.3, -0.25) is 9.80 Å². The van der Waals surface area contributed by atoms with Crippen LogP contribution in [0.1, 0.15) is 51.4 Å². The SMILES string of the molecule is COc1cccc(N(Cc2cccc(C(=O)O)c2[C@@H](Cc2c(Cl)c[n+]([O-])cc2Cl)c2ccc(OC)c(OC)c2)C(=O)O[C@H]2CN3CCC2CC3)c1. The summed E-state index contributed by atoms with van der Waals surface area (Å²) in [5, 5.41) is 23.0. The Bertz CT molecular complexity index is 1890. The third-order valence-corrected chi connectivity index (χ3v) is 10.5. The van der Waals surface area contributed by atoms with Crippen molar-refractivity contribution in [3.05, 3.63) is 116 Å². The molecule has 3 aliphatic rings. The van der Waals surface area contributed by atoms with Crippen molar-refractivity contribution in [1.29, 1.82) is 0 Å². The number of aromatic nitrogens is 1. The Morgan fingerprint density at radius 2 is 1.67 bits per heavy atom. The Labute approximate surface area is 306 Å². The summed E-state index contributed by atoms with van der Waals surface area (Å²) in [6, 6.07) is 17.4. The van der Waals surface area contributed by atoms with Crippen molar-refractivity contribution < 1.29 is 38.4 Å². The summed E-state index contributed by atoms with van der Waals surface area (Å²) in [7, 11) is 4.58. The van der Waals surface area contributed by atoms with E-state index < -0.39 is 18.0 Å². The van der Waals surface area contributed by atoms with Gasteiger partial charge in [0.15, 0.2) is 23.9 Å². The number of pyridine rings is 1. The lowest BCUT2D eigenvalue weighted by molar-refractivity contribution is -0.605. The van der Waals surface area contributed by atoms with E-state index in [9.17, 15) is 19.9 Å². The highest BCUT2D eigenvalue weighted by molar-refractivity contribution is 6.35. The normalized spacial score (nSPS) is 18.5. The molecule has 3 aliphatic heterocycles. The van der Waals surface area contributed by atoms with Crippen LogP contribution in [0.5, 0.6) is 17.2 Å². The molecule has 0 unspecified atom stereocenters. The molecular formula is C38H39Cl2N3O8. The van der Waals surface area contributed by atoms with Gasteiger partial charge in [0, 0.05) is 24.1 Å². The molecular weight excluding hydrogens is 697 g/mol. The average molecular weight is 737 g/mol. The fourth-order valence-corrected chi connectivity index (χ4v) is 7.78. The fraction of sp³-hybridized carbons (Fsp3) is 0.342. The van der Waals surface area contributed by atoms with Crippen LogP contribution in [0.25, 0.3) is 0 Å². The Morgan fingerprint density at radius 1 is 0.961 bits per heavy atom. The summed E-state index contributed by atoms with van der Waals surface area (Å²) in [6.07, 6.45) is 3.63. The van der Waals surface area contributed by atoms with Gasteiger partial charge in [0.25, 0.3) is 0 Å². The lowest BCUT2D eigenvalue weighted by Gasteiger charge is -2.44. The van der Waals surface area contributed by atoms with Crippen LogP contribution in [0.3, 0.4) is 0 Å². The first-order valence-electron chi connectivity index (χ1n) is 16.6. The van der Waals surface area contributed by atoms with Gasteiger partial charge in [0.2, 0.25) is 0 Å². The summed E-state index contributed by atoms with van der Waals surface area (Å²) < 4.78 is 23.4. The first-order valence-corrected chi connectivity index (χ1v) is 17.3. The average Bonchev–Trinajstić information content (AvgIpc) is 3.13. The summed E-state index contributed by atoms with van der Waals surface area (Å²) >= 11 is 13.2. The highest BCUT2D eigenvalue weighted by Crippen LogP contribution is 2.41. The summed E-state index contributed by atoms with van der Waals surface area (Å²) in [4.78, 5) is 31.1. The molecule has 1 aromatic heterocycles. The summed E-state index contributed by atoms with van der Waals surface area (Å²) in [5.41, 5.74) is 2.62. The Kier molecular flexibility index (Phi) is 11.1. The van der Waals surface area contributed by atoms with Crippen molar-refractivity contribution in [1.82, 2.24) is 4.90 Å². The van der Waals surface area contributed by atoms with Crippen LogP contribution in [0.4, 0.5) is 10.5 Å². The quantitative estimate of drug-likeness (QED) is 0.121. The van der Waals surface area contributed by atoms with Crippen LogP contribution >= 0.6 is 23.2 Å². The minimum atomic E-state index is -1.16. The molecule has 0 radical (unpaired) electrons. The maximum atomic E-state index is 14.3. The lowest BCUT2D eigenvalue weighted by Crippen LogP contribution is -2.53. The van der Waals surface area contributed by atoms with E-state index in [2.05, 4.69) is 4.90 Å². The number of aromatic carboxylic acids is 1. The van der Waals surface area contributed by atoms with Gasteiger partial charge in [-0.15, -0.1) is 0 Å². The van der Waals surface area contributed by atoms with Crippen LogP contribution < -0.4 is 23.8 Å². The Morgan fingerprint density at radius 3 is 2.29 bits per heavy atom. The van der Waals surface area contributed by atoms with E-state index in [-0.39, 0.29) is 40.6 Å². The molecule has 51 heavy (non-hydrogen) atoms. The molecule has 3 saturated heterocycles. The van der Waals surface area contributed by atoms with Gasteiger partial charge in [-0.2, -0.15) is 4.73 Å². The molecule has 1 N–H and O–H groups in total. The number of methoxy groups -OCH3 is 3. The molecule has 0 aliphatic carbocycles. The molecule has 0 spiro atoms. The van der Waals surface area contributed by atoms with Gasteiger partial charge >= 0.3 is 12.1 Å². The number of piperidine rings is 3. The number of fused-ring (bicyclic) bond motifs is 3. The van der Waals surface area contributed by atoms with E-state index in [1.54, 1.807) is 55.6 Å². The lowest BCUT2D eigenvalue weighted by atomic mass is 9.80. The van der Waals surface area contributed by atoms with Crippen molar-refractivity contribution in [2.45, 2.75) is 37.8 Å². The maximum Gasteiger partial charge on any atom is 0.414 e. The standard InChI is InChI=1S/C38H39Cl2N3O8/c1-48-27-8-5-7-26(17-27)43(38(46)51-35-22-41-14-12-23(35)13-15-41)19-25-6-4-9-28(37(44)45)36(25)29(18-30-31(39)20-42(47)21-32(30)40)24-10-11-33(49-2)34(16-24)50-3/h4-11,16-17,20-21,23,29,35H,12-15,18-19,22H2,1-3H3,(H,44,45)/t29-,35-/m0/s1. The predicted molar refractivity (Wildman–Crippen MR) is 193 cm³/mol. The number of carboxylic acids is 1. The number of benzene rings is 3. The van der Waals surface area contributed by atoms with E-state index in [0.29, 0.717) is 56.5 Å². The second-order valence-electron chi connectivity index (χ2n) is 12.7. The highest BCUT2D eigenvalue weighted by Gasteiger charge is 2.38. The van der Waals surface area contributed by atoms with Gasteiger partial charge in [0.1, 0.15) is 21.9 Å². The molecule has 2 bridgehead atoms. The second kappa shape index (κ2) is 15.7. The maximum absolute atomic E-state index is 14.3. The van der Waals surface area contributed by atoms with Crippen molar-refractivity contribution in [2.24, 2.45) is 5.92 Å². The number of halogens is 2. The predicted octanol–water partition coefficient (Wildman–Crippen LogP) is 6.96. The minimum absolute atomic E-state index is 0.0192. The van der Waals surface area contributed by atoms with E-state index in [1.807, 2.05) is 6.07 Å². The first kappa shape index (κ1) is 36.1. The molecule has 2 atom stereocenters. The van der Waals surface area contributed by atoms with Gasteiger partial charge in [-0.25, -0.2) is 9.59 Å². The van der Waals surface area contributed by atoms with Crippen LogP contribution in [-0.4, -0.2) is 69.1 Å². The van der Waals surface area contributed by atoms with Gasteiger partial charge in [-0.1, -0.05) is 47.5 Å². The van der Waals surface area contributed by atoms with Crippen molar-refractivity contribution in [3.8, 4) is 17.2 Å². The van der Waals surface area contributed by atoms with Crippen LogP contribution in [0.15, 0.2) is 73.1 Å². The molecule has 3 fully saturated rings. The number of amides is 1. The van der Waals surface area contributed by atoms with Crippen molar-refractivity contribution in [3.63, 3.8) is 0 Å². The van der Waals surface area contributed by atoms with Crippen molar-refractivity contribution in [2.75, 3.05) is 45.9 Å². The zero-order valence-electron chi connectivity index (χ0n) is 28.5. The van der Waals surface area contributed by atoms with Gasteiger partial charge in [0.05, 0.1) is 39.1 Å². The first-order chi connectivity index (χ1) is 24.6. The highest BCUT2D eigenvalue weighted by atomic mass is 35.5. The number of hydrogen-bond donors (Lipinski definition) is 1. The molecule has 0 saturated carbocycles. The topological polar surface area (TPSA) is 125 Å².